The number of nitrogens with zero attached hydrogens (tertiary/aromatic N) is 5. The molecule has 10 heteroatoms. The van der Waals surface area contributed by atoms with Crippen LogP contribution in [0.2, 0.25) is 0 Å². The Bertz CT molecular complexity index is 1450. The van der Waals surface area contributed by atoms with Crippen LogP contribution in [0.15, 0.2) is 57.9 Å². The minimum absolute atomic E-state index is 0.0389. The van der Waals surface area contributed by atoms with Crippen molar-refractivity contribution in [2.45, 2.75) is 18.2 Å². The van der Waals surface area contributed by atoms with Crippen LogP contribution < -0.4 is 5.32 Å². The highest BCUT2D eigenvalue weighted by molar-refractivity contribution is 8.15. The highest BCUT2D eigenvalue weighted by Crippen LogP contribution is 2.35. The normalized spacial score (nSPS) is 13.4. The first-order chi connectivity index (χ1) is 16.5. The monoisotopic (exact) mass is 488 g/mol. The average molecular weight is 489 g/mol. The van der Waals surface area contributed by atoms with E-state index in [-0.39, 0.29) is 17.5 Å². The average Bonchev–Trinajstić information content (AvgIpc) is 3.52. The molecule has 2 aromatic heterocycles. The number of imidazole rings is 1. The number of allylic oxidation sites excluding steroid dienone is 1. The van der Waals surface area contributed by atoms with Crippen LogP contribution in [0.5, 0.6) is 5.88 Å². The maximum atomic E-state index is 12.4. The van der Waals surface area contributed by atoms with Crippen LogP contribution in [0, 0.1) is 13.8 Å². The number of benzene rings is 2. The number of hydrogen-bond donors (Lipinski definition) is 2. The molecule has 0 fully saturated rings. The molecule has 0 radical (unpaired) electrons. The van der Waals surface area contributed by atoms with Crippen molar-refractivity contribution in [2.24, 2.45) is 4.99 Å². The summed E-state index contributed by atoms with van der Waals surface area (Å²) >= 11 is 2.24. The van der Waals surface area contributed by atoms with Crippen molar-refractivity contribution >= 4 is 57.5 Å². The van der Waals surface area contributed by atoms with E-state index < -0.39 is 0 Å². The molecule has 4 aromatic rings. The zero-order valence-electron chi connectivity index (χ0n) is 18.4. The van der Waals surface area contributed by atoms with Gasteiger partial charge in [-0.1, -0.05) is 47.7 Å². The van der Waals surface area contributed by atoms with Gasteiger partial charge in [-0.3, -0.25) is 9.79 Å². The summed E-state index contributed by atoms with van der Waals surface area (Å²) in [6.45, 7) is 3.93. The molecular formula is C24H20N6O2S2. The molecule has 170 valence electrons. The first-order valence-electron chi connectivity index (χ1n) is 10.5. The predicted octanol–water partition coefficient (Wildman–Crippen LogP) is 5.03. The van der Waals surface area contributed by atoms with Gasteiger partial charge in [0.2, 0.25) is 16.1 Å². The number of fused-ring (bicyclic) bond motifs is 1. The molecule has 0 atom stereocenters. The first-order valence-corrected chi connectivity index (χ1v) is 12.1. The molecule has 3 heterocycles. The SMILES string of the molecule is Cc1ccccc1NCC(=O)Sc1nnc(-n2c(C)nc(/C=C3\C=Nc4ccccc43)c2O)s1. The lowest BCUT2D eigenvalue weighted by atomic mass is 10.1. The van der Waals surface area contributed by atoms with Crippen LogP contribution in [-0.4, -0.2) is 42.7 Å². The van der Waals surface area contributed by atoms with Gasteiger partial charge >= 0.3 is 0 Å². The Morgan fingerprint density at radius 3 is 2.79 bits per heavy atom. The zero-order valence-corrected chi connectivity index (χ0v) is 20.0. The fourth-order valence-electron chi connectivity index (χ4n) is 3.58. The van der Waals surface area contributed by atoms with Gasteiger partial charge < -0.3 is 10.4 Å². The van der Waals surface area contributed by atoms with Gasteiger partial charge in [-0.15, -0.1) is 10.2 Å². The smallest absolute Gasteiger partial charge is 0.225 e. The Kier molecular flexibility index (Phi) is 5.99. The summed E-state index contributed by atoms with van der Waals surface area (Å²) in [4.78, 5) is 21.3. The van der Waals surface area contributed by atoms with Gasteiger partial charge in [-0.25, -0.2) is 9.55 Å². The third-order valence-corrected chi connectivity index (χ3v) is 7.08. The second-order valence-electron chi connectivity index (χ2n) is 7.57. The van der Waals surface area contributed by atoms with Gasteiger partial charge in [0, 0.05) is 23.0 Å². The van der Waals surface area contributed by atoms with E-state index >= 15 is 0 Å². The lowest BCUT2D eigenvalue weighted by Gasteiger charge is -2.07. The maximum Gasteiger partial charge on any atom is 0.225 e. The van der Waals surface area contributed by atoms with E-state index in [1.165, 1.54) is 15.9 Å². The fourth-order valence-corrected chi connectivity index (χ4v) is 5.29. The van der Waals surface area contributed by atoms with E-state index in [0.29, 0.717) is 21.0 Å². The second-order valence-corrected chi connectivity index (χ2v) is 9.83. The molecule has 0 unspecified atom stereocenters. The zero-order chi connectivity index (χ0) is 23.7. The predicted molar refractivity (Wildman–Crippen MR) is 136 cm³/mol. The third kappa shape index (κ3) is 4.37. The largest absolute Gasteiger partial charge is 0.493 e. The number of carbonyl (C=O) groups is 1. The summed E-state index contributed by atoms with van der Waals surface area (Å²) in [6, 6.07) is 15.6. The van der Waals surface area contributed by atoms with Crippen molar-refractivity contribution in [1.82, 2.24) is 19.7 Å². The Morgan fingerprint density at radius 2 is 1.94 bits per heavy atom. The third-order valence-electron chi connectivity index (χ3n) is 5.25. The molecule has 0 saturated heterocycles. The molecule has 0 spiro atoms. The number of rotatable bonds is 6. The van der Waals surface area contributed by atoms with Crippen molar-refractivity contribution in [3.8, 4) is 11.0 Å². The Hall–Kier alpha value is -3.76. The summed E-state index contributed by atoms with van der Waals surface area (Å²) in [5.74, 6) is 0.524. The summed E-state index contributed by atoms with van der Waals surface area (Å²) < 4.78 is 2.03. The lowest BCUT2D eigenvalue weighted by molar-refractivity contribution is -0.109. The minimum atomic E-state index is -0.0814. The van der Waals surface area contributed by atoms with E-state index in [1.807, 2.05) is 55.5 Å². The van der Waals surface area contributed by atoms with Crippen molar-refractivity contribution in [3.63, 3.8) is 0 Å². The fraction of sp³-hybridized carbons (Fsp3) is 0.125. The molecule has 0 bridgehead atoms. The van der Waals surface area contributed by atoms with Crippen LogP contribution in [0.1, 0.15) is 22.6 Å². The number of aliphatic imine (C=N–C) groups is 1. The first kappa shape index (κ1) is 22.1. The Balaban J connectivity index is 1.31. The van der Waals surface area contributed by atoms with Gasteiger partial charge in [-0.2, -0.15) is 0 Å². The van der Waals surface area contributed by atoms with Crippen LogP contribution in [0.3, 0.4) is 0 Å². The van der Waals surface area contributed by atoms with Gasteiger partial charge in [-0.05, 0) is 49.4 Å². The Morgan fingerprint density at radius 1 is 1.15 bits per heavy atom. The molecule has 8 nitrogen and oxygen atoms in total. The molecule has 34 heavy (non-hydrogen) atoms. The van der Waals surface area contributed by atoms with E-state index in [4.69, 9.17) is 0 Å². The number of anilines is 1. The highest BCUT2D eigenvalue weighted by atomic mass is 32.2. The number of aromatic nitrogens is 4. The van der Waals surface area contributed by atoms with Crippen LogP contribution in [-0.2, 0) is 4.79 Å². The quantitative estimate of drug-likeness (QED) is 0.367. The van der Waals surface area contributed by atoms with Crippen LogP contribution in [0.25, 0.3) is 16.8 Å². The van der Waals surface area contributed by atoms with E-state index in [2.05, 4.69) is 25.5 Å². The number of nitrogens with one attached hydrogen (secondary N) is 1. The molecule has 0 aliphatic carbocycles. The number of aryl methyl sites for hydroxylation is 2. The van der Waals surface area contributed by atoms with E-state index in [0.717, 1.165) is 39.8 Å². The summed E-state index contributed by atoms with van der Waals surface area (Å²) in [6.07, 6.45) is 3.56. The van der Waals surface area contributed by atoms with Gasteiger partial charge in [0.05, 0.1) is 12.2 Å². The van der Waals surface area contributed by atoms with Crippen molar-refractivity contribution in [2.75, 3.05) is 11.9 Å². The molecular weight excluding hydrogens is 468 g/mol. The maximum absolute atomic E-state index is 12.4. The van der Waals surface area contributed by atoms with Crippen LogP contribution >= 0.6 is 23.1 Å². The Labute approximate surface area is 204 Å². The molecule has 2 aromatic carbocycles. The van der Waals surface area contributed by atoms with E-state index in [1.54, 1.807) is 19.2 Å². The minimum Gasteiger partial charge on any atom is -0.493 e. The van der Waals surface area contributed by atoms with Gasteiger partial charge in [0.25, 0.3) is 0 Å². The summed E-state index contributed by atoms with van der Waals surface area (Å²) in [7, 11) is 0. The lowest BCUT2D eigenvalue weighted by Crippen LogP contribution is -2.10. The number of hydrogen-bond acceptors (Lipinski definition) is 9. The van der Waals surface area contributed by atoms with Gasteiger partial charge in [0.15, 0.2) is 4.34 Å². The number of aromatic hydroxyl groups is 1. The number of carbonyl (C=O) groups excluding carboxylic acids is 1. The molecule has 0 saturated carbocycles. The molecule has 1 aliphatic rings. The van der Waals surface area contributed by atoms with Crippen molar-refractivity contribution in [1.29, 1.82) is 0 Å². The second kappa shape index (κ2) is 9.24. The summed E-state index contributed by atoms with van der Waals surface area (Å²) in [5.41, 5.74) is 5.15. The molecule has 1 aliphatic heterocycles. The molecule has 0 amide bonds. The number of para-hydroxylation sites is 2. The topological polar surface area (TPSA) is 105 Å². The van der Waals surface area contributed by atoms with Crippen molar-refractivity contribution < 1.29 is 9.90 Å². The van der Waals surface area contributed by atoms with Crippen molar-refractivity contribution in [3.05, 3.63) is 71.2 Å². The standard InChI is InChI=1S/C24H20N6O2S2/c1-14-7-3-5-9-18(14)26-13-21(31)33-24-29-28-23(34-24)30-15(2)27-20(22(30)32)11-16-12-25-19-10-6-4-8-17(16)19/h3-12,26,32H,13H2,1-2H3/b16-11+. The molecule has 5 rings (SSSR count). The highest BCUT2D eigenvalue weighted by Gasteiger charge is 2.20. The van der Waals surface area contributed by atoms with E-state index in [9.17, 15) is 9.90 Å². The summed E-state index contributed by atoms with van der Waals surface area (Å²) in [5, 5.41) is 22.7. The molecule has 2 N–H and O–H groups in total. The van der Waals surface area contributed by atoms with Crippen LogP contribution in [0.4, 0.5) is 11.4 Å². The van der Waals surface area contributed by atoms with Gasteiger partial charge in [0.1, 0.15) is 11.5 Å². The number of thioether (sulfide) groups is 1.